The van der Waals surface area contributed by atoms with Crippen LogP contribution in [0.15, 0.2) is 19.0 Å². The number of imidazole rings is 1. The van der Waals surface area contributed by atoms with E-state index in [1.165, 1.54) is 30.3 Å². The summed E-state index contributed by atoms with van der Waals surface area (Å²) in [6, 6.07) is 0. The quantitative estimate of drug-likeness (QED) is 0.618. The molecule has 0 bridgehead atoms. The van der Waals surface area contributed by atoms with E-state index in [1.807, 2.05) is 6.33 Å². The van der Waals surface area contributed by atoms with Crippen LogP contribution >= 0.6 is 0 Å². The average molecular weight is 233 g/mol. The first kappa shape index (κ1) is 11.9. The van der Waals surface area contributed by atoms with Crippen LogP contribution in [0.5, 0.6) is 0 Å². The van der Waals surface area contributed by atoms with Gasteiger partial charge in [0, 0.05) is 18.8 Å². The van der Waals surface area contributed by atoms with E-state index in [2.05, 4.69) is 21.4 Å². The lowest BCUT2D eigenvalue weighted by Gasteiger charge is -2.13. The molecule has 0 aliphatic heterocycles. The highest BCUT2D eigenvalue weighted by Gasteiger charge is 2.14. The molecule has 92 valence electrons. The number of carbonyl (C=O) groups is 1. The first-order chi connectivity index (χ1) is 8.31. The summed E-state index contributed by atoms with van der Waals surface area (Å²) < 4.78 is 2.23. The Morgan fingerprint density at radius 2 is 2.35 bits per heavy atom. The summed E-state index contributed by atoms with van der Waals surface area (Å²) >= 11 is 0. The van der Waals surface area contributed by atoms with Crippen molar-refractivity contribution in [3.63, 3.8) is 0 Å². The van der Waals surface area contributed by atoms with Gasteiger partial charge in [0.1, 0.15) is 0 Å². The Morgan fingerprint density at radius 1 is 1.53 bits per heavy atom. The van der Waals surface area contributed by atoms with E-state index in [4.69, 9.17) is 0 Å². The number of rotatable bonds is 5. The molecule has 1 aromatic rings. The van der Waals surface area contributed by atoms with Crippen molar-refractivity contribution in [2.75, 3.05) is 6.54 Å². The van der Waals surface area contributed by atoms with E-state index < -0.39 is 0 Å². The van der Waals surface area contributed by atoms with E-state index in [0.717, 1.165) is 25.8 Å². The Bertz CT molecular complexity index is 409. The second kappa shape index (κ2) is 5.66. The molecule has 17 heavy (non-hydrogen) atoms. The Kier molecular flexibility index (Phi) is 3.96. The molecule has 0 aromatic carbocycles. The fourth-order valence-corrected chi connectivity index (χ4v) is 2.26. The molecule has 1 aliphatic carbocycles. The molecule has 1 aromatic heterocycles. The minimum Gasteiger partial charge on any atom is -0.353 e. The molecule has 4 nitrogen and oxygen atoms in total. The molecular weight excluding hydrogens is 214 g/mol. The minimum atomic E-state index is -0.0994. The maximum Gasteiger partial charge on any atom is 0.243 e. The largest absolute Gasteiger partial charge is 0.353 e. The number of hydrogen-bond donors (Lipinski definition) is 1. The lowest BCUT2D eigenvalue weighted by atomic mass is 10.0. The topological polar surface area (TPSA) is 46.9 Å². The molecule has 0 spiro atoms. The lowest BCUT2D eigenvalue weighted by Crippen LogP contribution is -2.23. The van der Waals surface area contributed by atoms with Gasteiger partial charge in [-0.3, -0.25) is 4.79 Å². The van der Waals surface area contributed by atoms with Gasteiger partial charge in [-0.05, 0) is 38.2 Å². The predicted octanol–water partition coefficient (Wildman–Crippen LogP) is 1.45. The third kappa shape index (κ3) is 2.96. The molecule has 0 saturated heterocycles. The molecule has 1 amide bonds. The summed E-state index contributed by atoms with van der Waals surface area (Å²) in [5.41, 5.74) is 2.66. The molecule has 0 fully saturated rings. The maximum absolute atomic E-state index is 11.0. The second-order valence-electron chi connectivity index (χ2n) is 4.39. The zero-order valence-electron chi connectivity index (χ0n) is 10.1. The lowest BCUT2D eigenvalue weighted by molar-refractivity contribution is -0.116. The van der Waals surface area contributed by atoms with Crippen molar-refractivity contribution in [3.8, 4) is 0 Å². The van der Waals surface area contributed by atoms with Crippen LogP contribution in [0, 0.1) is 0 Å². The summed E-state index contributed by atoms with van der Waals surface area (Å²) in [5, 5.41) is 2.78. The monoisotopic (exact) mass is 233 g/mol. The van der Waals surface area contributed by atoms with Crippen molar-refractivity contribution < 1.29 is 4.79 Å². The standard InChI is InChI=1S/C13H19N3O/c1-2-13(17)14-8-5-9-16-10-15-11-6-3-4-7-12(11)16/h2,10H,1,3-9H2,(H,14,17). The van der Waals surface area contributed by atoms with E-state index >= 15 is 0 Å². The average Bonchev–Trinajstić information content (AvgIpc) is 2.78. The smallest absolute Gasteiger partial charge is 0.243 e. The van der Waals surface area contributed by atoms with Crippen molar-refractivity contribution in [3.05, 3.63) is 30.4 Å². The fraction of sp³-hybridized carbons (Fsp3) is 0.538. The van der Waals surface area contributed by atoms with E-state index in [1.54, 1.807) is 0 Å². The van der Waals surface area contributed by atoms with Gasteiger partial charge in [-0.1, -0.05) is 6.58 Å². The number of nitrogens with zero attached hydrogens (tertiary/aromatic N) is 2. The highest BCUT2D eigenvalue weighted by atomic mass is 16.1. The molecule has 0 saturated carbocycles. The van der Waals surface area contributed by atoms with Crippen LogP contribution in [0.3, 0.4) is 0 Å². The minimum absolute atomic E-state index is 0.0994. The summed E-state index contributed by atoms with van der Waals surface area (Å²) in [6.07, 6.45) is 8.97. The third-order valence-corrected chi connectivity index (χ3v) is 3.17. The highest BCUT2D eigenvalue weighted by molar-refractivity contribution is 5.86. The Labute approximate surface area is 102 Å². The van der Waals surface area contributed by atoms with Crippen LogP contribution in [0.2, 0.25) is 0 Å². The number of hydrogen-bond acceptors (Lipinski definition) is 2. The van der Waals surface area contributed by atoms with Gasteiger partial charge in [0.05, 0.1) is 12.0 Å². The molecule has 2 rings (SSSR count). The summed E-state index contributed by atoms with van der Waals surface area (Å²) in [7, 11) is 0. The molecule has 0 unspecified atom stereocenters. The number of nitrogens with one attached hydrogen (secondary N) is 1. The molecule has 1 aliphatic rings. The van der Waals surface area contributed by atoms with Gasteiger partial charge in [-0.15, -0.1) is 0 Å². The molecule has 0 atom stereocenters. The van der Waals surface area contributed by atoms with Crippen LogP contribution in [0.4, 0.5) is 0 Å². The molecular formula is C13H19N3O. The van der Waals surface area contributed by atoms with Crippen LogP contribution in [0.1, 0.15) is 30.7 Å². The van der Waals surface area contributed by atoms with Gasteiger partial charge in [0.25, 0.3) is 0 Å². The van der Waals surface area contributed by atoms with Crippen molar-refractivity contribution >= 4 is 5.91 Å². The maximum atomic E-state index is 11.0. The Morgan fingerprint density at radius 3 is 3.18 bits per heavy atom. The summed E-state index contributed by atoms with van der Waals surface area (Å²) in [6.45, 7) is 5.04. The Hall–Kier alpha value is -1.58. The van der Waals surface area contributed by atoms with Gasteiger partial charge in [0.2, 0.25) is 5.91 Å². The Balaban J connectivity index is 1.81. The highest BCUT2D eigenvalue weighted by Crippen LogP contribution is 2.19. The van der Waals surface area contributed by atoms with Crippen molar-refractivity contribution in [2.45, 2.75) is 38.6 Å². The number of aromatic nitrogens is 2. The van der Waals surface area contributed by atoms with Crippen molar-refractivity contribution in [2.24, 2.45) is 0 Å². The summed E-state index contributed by atoms with van der Waals surface area (Å²) in [4.78, 5) is 15.4. The van der Waals surface area contributed by atoms with Gasteiger partial charge < -0.3 is 9.88 Å². The molecule has 1 N–H and O–H groups in total. The first-order valence-corrected chi connectivity index (χ1v) is 6.24. The van der Waals surface area contributed by atoms with E-state index in [-0.39, 0.29) is 5.91 Å². The number of fused-ring (bicyclic) bond motifs is 1. The molecule has 4 heteroatoms. The van der Waals surface area contributed by atoms with Crippen LogP contribution in [0.25, 0.3) is 0 Å². The van der Waals surface area contributed by atoms with Gasteiger partial charge in [0.15, 0.2) is 0 Å². The van der Waals surface area contributed by atoms with Crippen LogP contribution in [-0.2, 0) is 24.2 Å². The van der Waals surface area contributed by atoms with Crippen LogP contribution in [-0.4, -0.2) is 22.0 Å². The fourth-order valence-electron chi connectivity index (χ4n) is 2.26. The normalized spacial score (nSPS) is 14.1. The predicted molar refractivity (Wildman–Crippen MR) is 66.7 cm³/mol. The molecule has 0 radical (unpaired) electrons. The van der Waals surface area contributed by atoms with E-state index in [9.17, 15) is 4.79 Å². The van der Waals surface area contributed by atoms with Crippen molar-refractivity contribution in [1.82, 2.24) is 14.9 Å². The van der Waals surface area contributed by atoms with Gasteiger partial charge in [-0.25, -0.2) is 4.98 Å². The second-order valence-corrected chi connectivity index (χ2v) is 4.39. The zero-order chi connectivity index (χ0) is 12.1. The molecule has 1 heterocycles. The first-order valence-electron chi connectivity index (χ1n) is 6.24. The number of amides is 1. The third-order valence-electron chi connectivity index (χ3n) is 3.17. The van der Waals surface area contributed by atoms with Crippen LogP contribution < -0.4 is 5.32 Å². The SMILES string of the molecule is C=CC(=O)NCCCn1cnc2c1CCCC2. The zero-order valence-corrected chi connectivity index (χ0v) is 10.1. The summed E-state index contributed by atoms with van der Waals surface area (Å²) in [5.74, 6) is -0.0994. The van der Waals surface area contributed by atoms with Crippen molar-refractivity contribution in [1.29, 1.82) is 0 Å². The van der Waals surface area contributed by atoms with E-state index in [0.29, 0.717) is 6.54 Å². The number of aryl methyl sites for hydroxylation is 2. The van der Waals surface area contributed by atoms with Gasteiger partial charge >= 0.3 is 0 Å². The van der Waals surface area contributed by atoms with Gasteiger partial charge in [-0.2, -0.15) is 0 Å². The number of carbonyl (C=O) groups excluding carboxylic acids is 1.